The second-order valence-electron chi connectivity index (χ2n) is 7.79. The molecule has 0 aromatic heterocycles. The maximum Gasteiger partial charge on any atom is 0.227 e. The van der Waals surface area contributed by atoms with Crippen molar-refractivity contribution >= 4 is 38.9 Å². The van der Waals surface area contributed by atoms with Crippen LogP contribution in [0.1, 0.15) is 25.8 Å². The molecule has 1 saturated carbocycles. The smallest absolute Gasteiger partial charge is 0.227 e. The number of nitrogens with zero attached hydrogens (tertiary/aromatic N) is 1. The quantitative estimate of drug-likeness (QED) is 0.734. The molecule has 0 N–H and O–H groups in total. The number of carbonyl (C=O) groups is 1. The maximum absolute atomic E-state index is 13.3. The molecule has 0 bridgehead atoms. The van der Waals surface area contributed by atoms with Crippen LogP contribution in [0.15, 0.2) is 40.9 Å². The van der Waals surface area contributed by atoms with Crippen molar-refractivity contribution in [2.24, 2.45) is 17.3 Å². The summed E-state index contributed by atoms with van der Waals surface area (Å²) in [5.74, 6) is -0.105. The average Bonchev–Trinajstić information content (AvgIpc) is 2.89. The van der Waals surface area contributed by atoms with Crippen molar-refractivity contribution in [1.29, 1.82) is 0 Å². The highest BCUT2D eigenvalue weighted by molar-refractivity contribution is 7.91. The van der Waals surface area contributed by atoms with Crippen LogP contribution in [0.5, 0.6) is 0 Å². The normalized spacial score (nSPS) is 28.4. The molecule has 1 aliphatic heterocycles. The number of rotatable bonds is 5. The van der Waals surface area contributed by atoms with E-state index in [0.717, 1.165) is 5.56 Å². The zero-order valence-corrected chi connectivity index (χ0v) is 17.2. The standard InChI is InChI=1S/C19H23Cl2NO3S/c1-19(2)15(10-16(20)21)17(19)18(23)22(11-13-6-4-3-5-7-13)14-8-9-26(24,25)12-14/h3-7,10,14-15,17H,8-9,11-12H2,1-2H3/t14-,15+,17+/m1/s1. The second kappa shape index (κ2) is 7.17. The van der Waals surface area contributed by atoms with Gasteiger partial charge in [0.05, 0.1) is 17.4 Å². The summed E-state index contributed by atoms with van der Waals surface area (Å²) < 4.78 is 24.1. The summed E-state index contributed by atoms with van der Waals surface area (Å²) in [6.45, 7) is 4.44. The Morgan fingerprint density at radius 3 is 2.46 bits per heavy atom. The van der Waals surface area contributed by atoms with Crippen molar-refractivity contribution < 1.29 is 13.2 Å². The molecule has 1 heterocycles. The van der Waals surface area contributed by atoms with Gasteiger partial charge in [0, 0.05) is 12.6 Å². The minimum Gasteiger partial charge on any atom is -0.334 e. The van der Waals surface area contributed by atoms with Crippen molar-refractivity contribution in [2.75, 3.05) is 11.5 Å². The number of carbonyl (C=O) groups excluding carboxylic acids is 1. The molecule has 3 rings (SSSR count). The molecule has 2 aliphatic rings. The average molecular weight is 416 g/mol. The molecule has 2 fully saturated rings. The molecule has 0 unspecified atom stereocenters. The summed E-state index contributed by atoms with van der Waals surface area (Å²) in [6.07, 6.45) is 2.21. The first kappa shape index (κ1) is 19.7. The van der Waals surface area contributed by atoms with Gasteiger partial charge in [-0.25, -0.2) is 8.42 Å². The van der Waals surface area contributed by atoms with E-state index in [1.54, 1.807) is 11.0 Å². The molecular formula is C19H23Cl2NO3S. The Morgan fingerprint density at radius 2 is 1.92 bits per heavy atom. The molecule has 1 saturated heterocycles. The monoisotopic (exact) mass is 415 g/mol. The van der Waals surface area contributed by atoms with Crippen LogP contribution in [0, 0.1) is 17.3 Å². The van der Waals surface area contributed by atoms with E-state index in [9.17, 15) is 13.2 Å². The SMILES string of the molecule is CC1(C)[C@H](C(=O)N(Cc2ccccc2)[C@@H]2CCS(=O)(=O)C2)[C@@H]1C=C(Cl)Cl. The molecule has 1 aromatic carbocycles. The molecule has 1 aliphatic carbocycles. The van der Waals surface area contributed by atoms with Gasteiger partial charge in [0.15, 0.2) is 9.84 Å². The van der Waals surface area contributed by atoms with E-state index >= 15 is 0 Å². The Balaban J connectivity index is 1.86. The third-order valence-electron chi connectivity index (χ3n) is 5.61. The van der Waals surface area contributed by atoms with Crippen LogP contribution in [-0.2, 0) is 21.2 Å². The minimum absolute atomic E-state index is 0.0169. The van der Waals surface area contributed by atoms with Crippen molar-refractivity contribution in [2.45, 2.75) is 32.9 Å². The van der Waals surface area contributed by atoms with Crippen molar-refractivity contribution in [3.05, 3.63) is 46.5 Å². The highest BCUT2D eigenvalue weighted by Gasteiger charge is 2.62. The van der Waals surface area contributed by atoms with Crippen LogP contribution < -0.4 is 0 Å². The number of benzene rings is 1. The Hall–Kier alpha value is -1.04. The zero-order valence-electron chi connectivity index (χ0n) is 14.9. The van der Waals surface area contributed by atoms with Crippen LogP contribution in [0.4, 0.5) is 0 Å². The Morgan fingerprint density at radius 1 is 1.27 bits per heavy atom. The Labute approximate surface area is 165 Å². The molecule has 142 valence electrons. The van der Waals surface area contributed by atoms with Gasteiger partial charge in [-0.3, -0.25) is 4.79 Å². The topological polar surface area (TPSA) is 54.5 Å². The van der Waals surface area contributed by atoms with Gasteiger partial charge in [-0.15, -0.1) is 0 Å². The predicted molar refractivity (Wildman–Crippen MR) is 105 cm³/mol. The van der Waals surface area contributed by atoms with Crippen molar-refractivity contribution in [1.82, 2.24) is 4.90 Å². The number of halogens is 2. The van der Waals surface area contributed by atoms with E-state index < -0.39 is 9.84 Å². The summed E-state index contributed by atoms with van der Waals surface area (Å²) in [5.41, 5.74) is 0.754. The number of hydrogen-bond donors (Lipinski definition) is 0. The molecular weight excluding hydrogens is 393 g/mol. The highest BCUT2D eigenvalue weighted by Crippen LogP contribution is 2.60. The van der Waals surface area contributed by atoms with Gasteiger partial charge in [-0.05, 0) is 29.4 Å². The summed E-state index contributed by atoms with van der Waals surface area (Å²) >= 11 is 11.6. The molecule has 4 nitrogen and oxygen atoms in total. The van der Waals surface area contributed by atoms with Gasteiger partial charge < -0.3 is 4.90 Å². The molecule has 0 radical (unpaired) electrons. The van der Waals surface area contributed by atoms with Crippen LogP contribution in [0.2, 0.25) is 0 Å². The van der Waals surface area contributed by atoms with Crippen molar-refractivity contribution in [3.63, 3.8) is 0 Å². The Kier molecular flexibility index (Phi) is 5.44. The van der Waals surface area contributed by atoms with Gasteiger partial charge in [-0.1, -0.05) is 67.4 Å². The number of hydrogen-bond acceptors (Lipinski definition) is 3. The van der Waals surface area contributed by atoms with Crippen LogP contribution in [-0.4, -0.2) is 36.8 Å². The fourth-order valence-corrected chi connectivity index (χ4v) is 5.97. The third-order valence-corrected chi connectivity index (χ3v) is 7.61. The third kappa shape index (κ3) is 4.10. The molecule has 0 spiro atoms. The summed E-state index contributed by atoms with van der Waals surface area (Å²) in [4.78, 5) is 15.1. The highest BCUT2D eigenvalue weighted by atomic mass is 35.5. The summed E-state index contributed by atoms with van der Waals surface area (Å²) in [6, 6.07) is 9.39. The summed E-state index contributed by atoms with van der Waals surface area (Å²) in [7, 11) is -3.08. The molecule has 7 heteroatoms. The van der Waals surface area contributed by atoms with Gasteiger partial charge in [0.25, 0.3) is 0 Å². The molecule has 1 aromatic rings. The first-order valence-electron chi connectivity index (χ1n) is 8.69. The lowest BCUT2D eigenvalue weighted by Gasteiger charge is -2.29. The number of amides is 1. The van der Waals surface area contributed by atoms with Crippen LogP contribution >= 0.6 is 23.2 Å². The van der Waals surface area contributed by atoms with Gasteiger partial charge in [0.1, 0.15) is 4.49 Å². The van der Waals surface area contributed by atoms with E-state index in [1.807, 2.05) is 44.2 Å². The van der Waals surface area contributed by atoms with E-state index in [4.69, 9.17) is 23.2 Å². The second-order valence-corrected chi connectivity index (χ2v) is 11.0. The first-order valence-corrected chi connectivity index (χ1v) is 11.3. The Bertz CT molecular complexity index is 816. The van der Waals surface area contributed by atoms with E-state index in [0.29, 0.717) is 13.0 Å². The lowest BCUT2D eigenvalue weighted by Crippen LogP contribution is -2.42. The van der Waals surface area contributed by atoms with E-state index in [2.05, 4.69) is 0 Å². The first-order chi connectivity index (χ1) is 12.1. The molecule has 26 heavy (non-hydrogen) atoms. The maximum atomic E-state index is 13.3. The fraction of sp³-hybridized carbons (Fsp3) is 0.526. The van der Waals surface area contributed by atoms with Gasteiger partial charge in [0.2, 0.25) is 5.91 Å². The lowest BCUT2D eigenvalue weighted by atomic mass is 10.1. The summed E-state index contributed by atoms with van der Waals surface area (Å²) in [5, 5.41) is 0. The molecule has 3 atom stereocenters. The van der Waals surface area contributed by atoms with Crippen LogP contribution in [0.25, 0.3) is 0 Å². The lowest BCUT2D eigenvalue weighted by molar-refractivity contribution is -0.136. The van der Waals surface area contributed by atoms with E-state index in [1.165, 1.54) is 0 Å². The zero-order chi connectivity index (χ0) is 19.1. The van der Waals surface area contributed by atoms with Gasteiger partial charge >= 0.3 is 0 Å². The minimum atomic E-state index is -3.08. The largest absolute Gasteiger partial charge is 0.334 e. The molecule has 1 amide bonds. The fourth-order valence-electron chi connectivity index (χ4n) is 3.96. The number of allylic oxidation sites excluding steroid dienone is 1. The van der Waals surface area contributed by atoms with E-state index in [-0.39, 0.29) is 45.2 Å². The number of sulfone groups is 1. The predicted octanol–water partition coefficient (Wildman–Crippen LogP) is 3.79. The van der Waals surface area contributed by atoms with Crippen molar-refractivity contribution in [3.8, 4) is 0 Å². The van der Waals surface area contributed by atoms with Gasteiger partial charge in [-0.2, -0.15) is 0 Å². The van der Waals surface area contributed by atoms with Crippen LogP contribution in [0.3, 0.4) is 0 Å².